The minimum absolute atomic E-state index is 0.562. The molecule has 1 aromatic heterocycles. The van der Waals surface area contributed by atoms with E-state index in [2.05, 4.69) is 11.1 Å². The molecule has 0 saturated heterocycles. The molecule has 78 valence electrons. The molecule has 15 heavy (non-hydrogen) atoms. The van der Waals surface area contributed by atoms with E-state index in [0.717, 1.165) is 30.4 Å². The summed E-state index contributed by atoms with van der Waals surface area (Å²) in [6, 6.07) is 4.13. The van der Waals surface area contributed by atoms with Gasteiger partial charge in [0, 0.05) is 18.0 Å². The van der Waals surface area contributed by atoms with Gasteiger partial charge < -0.3 is 5.11 Å². The zero-order valence-corrected chi connectivity index (χ0v) is 8.77. The second-order valence-corrected chi connectivity index (χ2v) is 4.26. The monoisotopic (exact) mass is 202 g/mol. The van der Waals surface area contributed by atoms with Crippen LogP contribution in [0.2, 0.25) is 0 Å². The van der Waals surface area contributed by atoms with Crippen LogP contribution in [-0.4, -0.2) is 10.1 Å². The highest BCUT2D eigenvalue weighted by atomic mass is 16.3. The summed E-state index contributed by atoms with van der Waals surface area (Å²) in [5.41, 5.74) is 1.23. The quantitative estimate of drug-likeness (QED) is 0.799. The third kappa shape index (κ3) is 1.51. The number of aromatic nitrogens is 1. The Morgan fingerprint density at radius 3 is 2.80 bits per heavy atom. The van der Waals surface area contributed by atoms with E-state index in [-0.39, 0.29) is 0 Å². The maximum Gasteiger partial charge on any atom is 0.0993 e. The molecule has 1 heterocycles. The molecule has 3 heteroatoms. The zero-order chi connectivity index (χ0) is 10.9. The summed E-state index contributed by atoms with van der Waals surface area (Å²) in [7, 11) is 0. The van der Waals surface area contributed by atoms with Crippen LogP contribution in [0.15, 0.2) is 18.5 Å². The normalized spacial score (nSPS) is 20.1. The number of nitrogens with zero attached hydrogens (tertiary/aromatic N) is 2. The molecule has 0 radical (unpaired) electrons. The van der Waals surface area contributed by atoms with Crippen LogP contribution in [0, 0.1) is 23.7 Å². The van der Waals surface area contributed by atoms with Gasteiger partial charge in [-0.25, -0.2) is 0 Å². The van der Waals surface area contributed by atoms with Crippen molar-refractivity contribution in [3.05, 3.63) is 29.6 Å². The molecule has 1 saturated carbocycles. The van der Waals surface area contributed by atoms with E-state index in [1.54, 1.807) is 12.4 Å². The highest BCUT2D eigenvalue weighted by Gasteiger charge is 2.45. The van der Waals surface area contributed by atoms with Crippen molar-refractivity contribution < 1.29 is 5.11 Å². The molecule has 0 amide bonds. The molecule has 3 nitrogen and oxygen atoms in total. The van der Waals surface area contributed by atoms with Crippen molar-refractivity contribution in [3.8, 4) is 6.07 Å². The second kappa shape index (κ2) is 3.63. The molecule has 0 spiro atoms. The van der Waals surface area contributed by atoms with Crippen LogP contribution >= 0.6 is 0 Å². The maximum absolute atomic E-state index is 10.2. The predicted molar refractivity (Wildman–Crippen MR) is 55.8 cm³/mol. The van der Waals surface area contributed by atoms with E-state index in [4.69, 9.17) is 5.26 Å². The van der Waals surface area contributed by atoms with Gasteiger partial charge >= 0.3 is 0 Å². The number of aliphatic hydroxyl groups excluding tert-OH is 1. The van der Waals surface area contributed by atoms with Crippen molar-refractivity contribution in [2.45, 2.75) is 32.3 Å². The zero-order valence-electron chi connectivity index (χ0n) is 8.77. The Balaban J connectivity index is 2.32. The van der Waals surface area contributed by atoms with Crippen LogP contribution in [0.25, 0.3) is 0 Å². The fourth-order valence-corrected chi connectivity index (χ4v) is 2.06. The molecule has 1 aliphatic carbocycles. The summed E-state index contributed by atoms with van der Waals surface area (Å²) in [6.45, 7) is 1.93. The van der Waals surface area contributed by atoms with E-state index in [0.29, 0.717) is 0 Å². The Bertz CT molecular complexity index is 404. The predicted octanol–water partition coefficient (Wildman–Crippen LogP) is 2.12. The number of nitriles is 1. The van der Waals surface area contributed by atoms with Gasteiger partial charge in [0.25, 0.3) is 0 Å². The van der Waals surface area contributed by atoms with Crippen LogP contribution < -0.4 is 0 Å². The van der Waals surface area contributed by atoms with Crippen LogP contribution in [0.4, 0.5) is 0 Å². The first-order valence-corrected chi connectivity index (χ1v) is 5.19. The summed E-state index contributed by atoms with van der Waals surface area (Å²) in [5.74, 6) is 0. The molecule has 0 aliphatic heterocycles. The third-order valence-corrected chi connectivity index (χ3v) is 3.37. The van der Waals surface area contributed by atoms with Gasteiger partial charge in [-0.05, 0) is 31.4 Å². The van der Waals surface area contributed by atoms with Crippen molar-refractivity contribution >= 4 is 0 Å². The van der Waals surface area contributed by atoms with Gasteiger partial charge in [0.15, 0.2) is 0 Å². The summed E-state index contributed by atoms with van der Waals surface area (Å²) >= 11 is 0. The smallest absolute Gasteiger partial charge is 0.0993 e. The Morgan fingerprint density at radius 1 is 1.60 bits per heavy atom. The molecular formula is C12H14N2O. The van der Waals surface area contributed by atoms with E-state index in [9.17, 15) is 5.11 Å². The summed E-state index contributed by atoms with van der Waals surface area (Å²) in [5, 5.41) is 19.3. The van der Waals surface area contributed by atoms with Gasteiger partial charge in [0.05, 0.1) is 17.6 Å². The SMILES string of the molecule is Cc1ccncc1C(O)C1(C#N)CCC1. The van der Waals surface area contributed by atoms with Crippen molar-refractivity contribution in [1.82, 2.24) is 4.98 Å². The average Bonchev–Trinajstić information content (AvgIpc) is 2.17. The first kappa shape index (κ1) is 10.1. The van der Waals surface area contributed by atoms with Gasteiger partial charge in [-0.3, -0.25) is 4.98 Å². The number of aliphatic hydroxyl groups is 1. The molecule has 0 bridgehead atoms. The molecule has 1 aromatic rings. The fraction of sp³-hybridized carbons (Fsp3) is 0.500. The molecule has 1 unspecified atom stereocenters. The molecule has 1 fully saturated rings. The summed E-state index contributed by atoms with van der Waals surface area (Å²) < 4.78 is 0. The Labute approximate surface area is 89.4 Å². The van der Waals surface area contributed by atoms with Gasteiger partial charge in [-0.1, -0.05) is 6.42 Å². The number of hydrogen-bond acceptors (Lipinski definition) is 3. The highest BCUT2D eigenvalue weighted by molar-refractivity contribution is 5.28. The highest BCUT2D eigenvalue weighted by Crippen LogP contribution is 2.49. The lowest BCUT2D eigenvalue weighted by Crippen LogP contribution is -2.34. The Hall–Kier alpha value is -1.40. The van der Waals surface area contributed by atoms with Crippen LogP contribution in [-0.2, 0) is 0 Å². The molecule has 0 aromatic carbocycles. The number of rotatable bonds is 2. The lowest BCUT2D eigenvalue weighted by molar-refractivity contribution is 0.00732. The largest absolute Gasteiger partial charge is 0.387 e. The average molecular weight is 202 g/mol. The number of pyridine rings is 1. The van der Waals surface area contributed by atoms with Crippen LogP contribution in [0.3, 0.4) is 0 Å². The molecule has 1 atom stereocenters. The van der Waals surface area contributed by atoms with Gasteiger partial charge in [0.1, 0.15) is 0 Å². The fourth-order valence-electron chi connectivity index (χ4n) is 2.06. The minimum Gasteiger partial charge on any atom is -0.387 e. The first-order chi connectivity index (χ1) is 7.19. The van der Waals surface area contributed by atoms with Crippen molar-refractivity contribution in [2.24, 2.45) is 5.41 Å². The number of hydrogen-bond donors (Lipinski definition) is 1. The molecule has 2 rings (SSSR count). The minimum atomic E-state index is -0.690. The molecule has 1 aliphatic rings. The molecular weight excluding hydrogens is 188 g/mol. The van der Waals surface area contributed by atoms with Gasteiger partial charge in [0.2, 0.25) is 0 Å². The van der Waals surface area contributed by atoms with E-state index >= 15 is 0 Å². The van der Waals surface area contributed by atoms with Gasteiger partial charge in [-0.15, -0.1) is 0 Å². The van der Waals surface area contributed by atoms with Gasteiger partial charge in [-0.2, -0.15) is 5.26 Å². The lowest BCUT2D eigenvalue weighted by atomic mass is 9.64. The Kier molecular flexibility index (Phi) is 2.45. The van der Waals surface area contributed by atoms with E-state index < -0.39 is 11.5 Å². The lowest BCUT2D eigenvalue weighted by Gasteiger charge is -2.39. The molecule has 1 N–H and O–H groups in total. The summed E-state index contributed by atoms with van der Waals surface area (Å²) in [4.78, 5) is 4.00. The maximum atomic E-state index is 10.2. The van der Waals surface area contributed by atoms with E-state index in [1.165, 1.54) is 0 Å². The Morgan fingerprint density at radius 2 is 2.33 bits per heavy atom. The van der Waals surface area contributed by atoms with Crippen LogP contribution in [0.5, 0.6) is 0 Å². The summed E-state index contributed by atoms with van der Waals surface area (Å²) in [6.07, 6.45) is 5.29. The van der Waals surface area contributed by atoms with Crippen molar-refractivity contribution in [3.63, 3.8) is 0 Å². The number of aryl methyl sites for hydroxylation is 1. The van der Waals surface area contributed by atoms with E-state index in [1.807, 2.05) is 13.0 Å². The first-order valence-electron chi connectivity index (χ1n) is 5.19. The van der Waals surface area contributed by atoms with Crippen LogP contribution in [0.1, 0.15) is 36.5 Å². The second-order valence-electron chi connectivity index (χ2n) is 4.26. The van der Waals surface area contributed by atoms with Crippen molar-refractivity contribution in [2.75, 3.05) is 0 Å². The standard InChI is InChI=1S/C12H14N2O/c1-9-3-6-14-7-10(9)11(15)12(8-13)4-2-5-12/h3,6-7,11,15H,2,4-5H2,1H3. The van der Waals surface area contributed by atoms with Crippen molar-refractivity contribution in [1.29, 1.82) is 5.26 Å². The third-order valence-electron chi connectivity index (χ3n) is 3.37. The topological polar surface area (TPSA) is 56.9 Å².